The van der Waals surface area contributed by atoms with Gasteiger partial charge in [-0.1, -0.05) is 24.3 Å². The summed E-state index contributed by atoms with van der Waals surface area (Å²) in [5, 5.41) is 3.61. The summed E-state index contributed by atoms with van der Waals surface area (Å²) in [4.78, 5) is 5.03. The van der Waals surface area contributed by atoms with Gasteiger partial charge >= 0.3 is 0 Å². The Balaban J connectivity index is 2.02. The lowest BCUT2D eigenvalue weighted by molar-refractivity contribution is 0.0935. The molecule has 21 heavy (non-hydrogen) atoms. The molecule has 1 fully saturated rings. The van der Waals surface area contributed by atoms with E-state index in [1.54, 1.807) is 0 Å². The van der Waals surface area contributed by atoms with Gasteiger partial charge in [-0.15, -0.1) is 0 Å². The fourth-order valence-corrected chi connectivity index (χ4v) is 2.88. The summed E-state index contributed by atoms with van der Waals surface area (Å²) in [6.45, 7) is 14.5. The van der Waals surface area contributed by atoms with Gasteiger partial charge in [0.15, 0.2) is 0 Å². The molecule has 1 saturated heterocycles. The van der Waals surface area contributed by atoms with Gasteiger partial charge in [0.2, 0.25) is 0 Å². The molecule has 0 bridgehead atoms. The number of likely N-dealkylation sites (N-methyl/N-ethyl adjacent to an activating group) is 1. The maximum atomic E-state index is 3.61. The fourth-order valence-electron chi connectivity index (χ4n) is 2.88. The van der Waals surface area contributed by atoms with Gasteiger partial charge in [0.25, 0.3) is 0 Å². The third-order valence-electron chi connectivity index (χ3n) is 4.27. The zero-order valence-corrected chi connectivity index (χ0v) is 14.3. The Morgan fingerprint density at radius 1 is 1.14 bits per heavy atom. The van der Waals surface area contributed by atoms with Crippen LogP contribution in [-0.4, -0.2) is 48.1 Å². The molecule has 0 radical (unpaired) electrons. The van der Waals surface area contributed by atoms with Gasteiger partial charge in [0.1, 0.15) is 0 Å². The number of hydrogen-bond acceptors (Lipinski definition) is 3. The van der Waals surface area contributed by atoms with Crippen LogP contribution in [0.5, 0.6) is 0 Å². The number of rotatable bonds is 4. The first-order valence-electron chi connectivity index (χ1n) is 8.09. The van der Waals surface area contributed by atoms with Gasteiger partial charge in [0.05, 0.1) is 0 Å². The van der Waals surface area contributed by atoms with Crippen LogP contribution in [0, 0.1) is 0 Å². The molecular formula is C18H31N3. The van der Waals surface area contributed by atoms with Crippen molar-refractivity contribution in [2.45, 2.75) is 52.4 Å². The van der Waals surface area contributed by atoms with E-state index in [0.717, 1.165) is 13.1 Å². The lowest BCUT2D eigenvalue weighted by Crippen LogP contribution is -2.49. The lowest BCUT2D eigenvalue weighted by Gasteiger charge is -2.38. The second kappa shape index (κ2) is 6.91. The third-order valence-corrected chi connectivity index (χ3v) is 4.27. The standard InChI is InChI=1S/C18H31N3/c1-15-13-20(5)10-11-21(15)14-17-9-7-6-8-16(17)12-19-18(2,3)4/h6-9,15,19H,10-14H2,1-5H3. The van der Waals surface area contributed by atoms with Gasteiger partial charge in [0, 0.05) is 44.3 Å². The van der Waals surface area contributed by atoms with E-state index < -0.39 is 0 Å². The van der Waals surface area contributed by atoms with E-state index in [0.29, 0.717) is 6.04 Å². The molecule has 1 atom stereocenters. The molecule has 1 heterocycles. The second-order valence-electron chi connectivity index (χ2n) is 7.45. The predicted octanol–water partition coefficient (Wildman–Crippen LogP) is 2.71. The van der Waals surface area contributed by atoms with E-state index in [2.05, 4.69) is 74.1 Å². The highest BCUT2D eigenvalue weighted by atomic mass is 15.3. The highest BCUT2D eigenvalue weighted by Gasteiger charge is 2.22. The molecule has 1 N–H and O–H groups in total. The van der Waals surface area contributed by atoms with Crippen molar-refractivity contribution in [1.29, 1.82) is 0 Å². The zero-order chi connectivity index (χ0) is 15.5. The van der Waals surface area contributed by atoms with Crippen LogP contribution >= 0.6 is 0 Å². The summed E-state index contributed by atoms with van der Waals surface area (Å²) in [7, 11) is 2.22. The summed E-state index contributed by atoms with van der Waals surface area (Å²) in [5.74, 6) is 0. The summed E-state index contributed by atoms with van der Waals surface area (Å²) in [6.07, 6.45) is 0. The Morgan fingerprint density at radius 3 is 2.43 bits per heavy atom. The van der Waals surface area contributed by atoms with Crippen LogP contribution < -0.4 is 5.32 Å². The Bertz CT molecular complexity index is 450. The minimum Gasteiger partial charge on any atom is -0.308 e. The predicted molar refractivity (Wildman–Crippen MR) is 90.4 cm³/mol. The summed E-state index contributed by atoms with van der Waals surface area (Å²) >= 11 is 0. The molecular weight excluding hydrogens is 258 g/mol. The summed E-state index contributed by atoms with van der Waals surface area (Å²) in [6, 6.07) is 9.49. The van der Waals surface area contributed by atoms with Crippen molar-refractivity contribution in [3.8, 4) is 0 Å². The highest BCUT2D eigenvalue weighted by Crippen LogP contribution is 2.17. The van der Waals surface area contributed by atoms with Crippen LogP contribution in [0.15, 0.2) is 24.3 Å². The first kappa shape index (κ1) is 16.5. The largest absolute Gasteiger partial charge is 0.308 e. The topological polar surface area (TPSA) is 18.5 Å². The molecule has 0 spiro atoms. The minimum atomic E-state index is 0.161. The Hall–Kier alpha value is -0.900. The number of hydrogen-bond donors (Lipinski definition) is 1. The summed E-state index contributed by atoms with van der Waals surface area (Å²) in [5.41, 5.74) is 3.05. The SMILES string of the molecule is CC1CN(C)CCN1Cc1ccccc1CNC(C)(C)C. The molecule has 0 amide bonds. The lowest BCUT2D eigenvalue weighted by atomic mass is 10.0. The van der Waals surface area contributed by atoms with Crippen molar-refractivity contribution in [3.63, 3.8) is 0 Å². The van der Waals surface area contributed by atoms with Crippen molar-refractivity contribution >= 4 is 0 Å². The van der Waals surface area contributed by atoms with E-state index in [1.807, 2.05) is 0 Å². The molecule has 0 aliphatic carbocycles. The first-order valence-corrected chi connectivity index (χ1v) is 8.09. The molecule has 3 heteroatoms. The van der Waals surface area contributed by atoms with Crippen molar-refractivity contribution in [3.05, 3.63) is 35.4 Å². The van der Waals surface area contributed by atoms with E-state index in [4.69, 9.17) is 0 Å². The maximum absolute atomic E-state index is 3.61. The van der Waals surface area contributed by atoms with Crippen LogP contribution in [-0.2, 0) is 13.1 Å². The maximum Gasteiger partial charge on any atom is 0.0240 e. The Labute approximate surface area is 130 Å². The van der Waals surface area contributed by atoms with Gasteiger partial charge < -0.3 is 10.2 Å². The number of nitrogens with one attached hydrogen (secondary N) is 1. The fraction of sp³-hybridized carbons (Fsp3) is 0.667. The van der Waals surface area contributed by atoms with Gasteiger partial charge in [-0.3, -0.25) is 4.90 Å². The normalized spacial score (nSPS) is 21.7. The number of piperazine rings is 1. The van der Waals surface area contributed by atoms with Crippen LogP contribution in [0.2, 0.25) is 0 Å². The van der Waals surface area contributed by atoms with Crippen molar-refractivity contribution in [2.24, 2.45) is 0 Å². The molecule has 0 saturated carbocycles. The highest BCUT2D eigenvalue weighted by molar-refractivity contribution is 5.27. The molecule has 1 aromatic carbocycles. The molecule has 1 unspecified atom stereocenters. The quantitative estimate of drug-likeness (QED) is 0.919. The molecule has 1 aliphatic heterocycles. The number of nitrogens with zero attached hydrogens (tertiary/aromatic N) is 2. The summed E-state index contributed by atoms with van der Waals surface area (Å²) < 4.78 is 0. The smallest absolute Gasteiger partial charge is 0.0240 e. The Morgan fingerprint density at radius 2 is 1.81 bits per heavy atom. The van der Waals surface area contributed by atoms with E-state index in [9.17, 15) is 0 Å². The minimum absolute atomic E-state index is 0.161. The molecule has 0 aromatic heterocycles. The van der Waals surface area contributed by atoms with E-state index in [1.165, 1.54) is 30.8 Å². The average molecular weight is 289 g/mol. The van der Waals surface area contributed by atoms with E-state index in [-0.39, 0.29) is 5.54 Å². The molecule has 118 valence electrons. The Kier molecular flexibility index (Phi) is 5.42. The molecule has 2 rings (SSSR count). The average Bonchev–Trinajstić information content (AvgIpc) is 2.40. The van der Waals surface area contributed by atoms with Gasteiger partial charge in [-0.25, -0.2) is 0 Å². The van der Waals surface area contributed by atoms with Crippen LogP contribution in [0.3, 0.4) is 0 Å². The van der Waals surface area contributed by atoms with Crippen molar-refractivity contribution in [2.75, 3.05) is 26.7 Å². The van der Waals surface area contributed by atoms with Gasteiger partial charge in [-0.2, -0.15) is 0 Å². The van der Waals surface area contributed by atoms with Crippen LogP contribution in [0.4, 0.5) is 0 Å². The van der Waals surface area contributed by atoms with E-state index >= 15 is 0 Å². The molecule has 3 nitrogen and oxygen atoms in total. The first-order chi connectivity index (χ1) is 9.85. The van der Waals surface area contributed by atoms with Crippen molar-refractivity contribution < 1.29 is 0 Å². The van der Waals surface area contributed by atoms with Crippen LogP contribution in [0.25, 0.3) is 0 Å². The van der Waals surface area contributed by atoms with Crippen molar-refractivity contribution in [1.82, 2.24) is 15.1 Å². The third kappa shape index (κ3) is 5.10. The van der Waals surface area contributed by atoms with Crippen LogP contribution in [0.1, 0.15) is 38.8 Å². The van der Waals surface area contributed by atoms with Gasteiger partial charge in [-0.05, 0) is 45.9 Å². The zero-order valence-electron chi connectivity index (χ0n) is 14.3. The molecule has 1 aliphatic rings. The molecule has 1 aromatic rings. The number of benzene rings is 1. The monoisotopic (exact) mass is 289 g/mol. The second-order valence-corrected chi connectivity index (χ2v) is 7.45.